The lowest BCUT2D eigenvalue weighted by Gasteiger charge is -2.28. The van der Waals surface area contributed by atoms with Gasteiger partial charge in [0.15, 0.2) is 0 Å². The van der Waals surface area contributed by atoms with E-state index in [1.165, 1.54) is 6.92 Å². The zero-order valence-electron chi connectivity index (χ0n) is 12.9. The van der Waals surface area contributed by atoms with E-state index in [0.29, 0.717) is 0 Å². The van der Waals surface area contributed by atoms with Crippen molar-refractivity contribution in [2.24, 2.45) is 11.8 Å². The van der Waals surface area contributed by atoms with E-state index < -0.39 is 35.6 Å². The molecule has 0 aromatic rings. The van der Waals surface area contributed by atoms with Crippen LogP contribution in [0.4, 0.5) is 4.79 Å². The largest absolute Gasteiger partial charge is 0.460 e. The summed E-state index contributed by atoms with van der Waals surface area (Å²) in [4.78, 5) is 23.0. The Labute approximate surface area is 137 Å². The van der Waals surface area contributed by atoms with Gasteiger partial charge in [-0.3, -0.25) is 8.74 Å². The highest BCUT2D eigenvalue weighted by atomic mass is 32.2. The molecule has 9 heteroatoms. The second-order valence-electron chi connectivity index (χ2n) is 5.82. The van der Waals surface area contributed by atoms with Crippen LogP contribution in [0.25, 0.3) is 0 Å². The SMILES string of the molecule is C=C(C)C(=O)OCCNC(=O)OC1C2CCC(C2)C1OS(=O)O. The number of fused-ring (bicyclic) bond motifs is 2. The molecule has 5 atom stereocenters. The molecule has 23 heavy (non-hydrogen) atoms. The van der Waals surface area contributed by atoms with Crippen LogP contribution in [0.15, 0.2) is 12.2 Å². The van der Waals surface area contributed by atoms with Crippen molar-refractivity contribution in [2.45, 2.75) is 38.4 Å². The van der Waals surface area contributed by atoms with Gasteiger partial charge in [-0.2, -0.15) is 4.21 Å². The number of ether oxygens (including phenoxy) is 2. The molecule has 0 aromatic carbocycles. The first-order chi connectivity index (χ1) is 10.9. The Balaban J connectivity index is 1.74. The summed E-state index contributed by atoms with van der Waals surface area (Å²) in [5, 5.41) is 2.48. The average Bonchev–Trinajstić information content (AvgIpc) is 3.06. The lowest BCUT2D eigenvalue weighted by atomic mass is 9.95. The fraction of sp³-hybridized carbons (Fsp3) is 0.714. The molecule has 2 fully saturated rings. The maximum atomic E-state index is 11.8. The molecule has 5 unspecified atom stereocenters. The number of esters is 1. The van der Waals surface area contributed by atoms with Crippen LogP contribution in [-0.2, 0) is 29.8 Å². The summed E-state index contributed by atoms with van der Waals surface area (Å²) in [7, 11) is 0. The van der Waals surface area contributed by atoms with Crippen LogP contribution in [0.1, 0.15) is 26.2 Å². The van der Waals surface area contributed by atoms with Crippen LogP contribution < -0.4 is 5.32 Å². The van der Waals surface area contributed by atoms with E-state index in [0.717, 1.165) is 19.3 Å². The quantitative estimate of drug-likeness (QED) is 0.307. The van der Waals surface area contributed by atoms with E-state index in [1.807, 2.05) is 0 Å². The van der Waals surface area contributed by atoms with Crippen LogP contribution in [-0.4, -0.2) is 46.2 Å². The molecule has 2 saturated carbocycles. The summed E-state index contributed by atoms with van der Waals surface area (Å²) in [6.07, 6.45) is 0.915. The molecule has 0 spiro atoms. The fourth-order valence-corrected chi connectivity index (χ4v) is 3.62. The number of hydrogen-bond donors (Lipinski definition) is 2. The topological polar surface area (TPSA) is 111 Å². The van der Waals surface area contributed by atoms with Gasteiger partial charge in [0.25, 0.3) is 0 Å². The number of carbonyl (C=O) groups excluding carboxylic acids is 2. The maximum Gasteiger partial charge on any atom is 0.407 e. The standard InChI is InChI=1S/C14H21NO7S/c1-8(2)13(16)20-6-5-15-14(17)21-11-9-3-4-10(7-9)12(11)22-23(18)19/h9-12H,1,3-7H2,2H3,(H,15,17)(H,18,19). The fourth-order valence-electron chi connectivity index (χ4n) is 3.16. The number of carbonyl (C=O) groups is 2. The number of amides is 1. The second-order valence-corrected chi connectivity index (χ2v) is 6.45. The predicted octanol–water partition coefficient (Wildman–Crippen LogP) is 1.15. The highest BCUT2D eigenvalue weighted by molar-refractivity contribution is 7.74. The summed E-state index contributed by atoms with van der Waals surface area (Å²) in [5.74, 6) is -0.224. The molecule has 1 amide bonds. The molecule has 2 aliphatic rings. The van der Waals surface area contributed by atoms with Gasteiger partial charge in [0, 0.05) is 5.57 Å². The summed E-state index contributed by atoms with van der Waals surface area (Å²) in [6, 6.07) is 0. The number of hydrogen-bond acceptors (Lipinski definition) is 6. The van der Waals surface area contributed by atoms with Gasteiger partial charge in [0.1, 0.15) is 18.8 Å². The van der Waals surface area contributed by atoms with Crippen LogP contribution in [0.2, 0.25) is 0 Å². The van der Waals surface area contributed by atoms with Crippen LogP contribution in [0, 0.1) is 11.8 Å². The molecule has 2 rings (SSSR count). The van der Waals surface area contributed by atoms with Gasteiger partial charge in [-0.25, -0.2) is 9.59 Å². The van der Waals surface area contributed by atoms with Crippen molar-refractivity contribution in [2.75, 3.05) is 13.2 Å². The van der Waals surface area contributed by atoms with Crippen molar-refractivity contribution in [3.63, 3.8) is 0 Å². The van der Waals surface area contributed by atoms with Crippen molar-refractivity contribution in [3.8, 4) is 0 Å². The number of nitrogens with one attached hydrogen (secondary N) is 1. The van der Waals surface area contributed by atoms with Crippen LogP contribution >= 0.6 is 0 Å². The first kappa shape index (κ1) is 17.9. The van der Waals surface area contributed by atoms with Crippen LogP contribution in [0.5, 0.6) is 0 Å². The molecule has 8 nitrogen and oxygen atoms in total. The third-order valence-electron chi connectivity index (χ3n) is 4.16. The molecular formula is C14H21NO7S. The Morgan fingerprint density at radius 3 is 2.57 bits per heavy atom. The molecular weight excluding hydrogens is 326 g/mol. The van der Waals surface area contributed by atoms with Crippen molar-refractivity contribution < 1.29 is 32.0 Å². The van der Waals surface area contributed by atoms with E-state index >= 15 is 0 Å². The molecule has 0 saturated heterocycles. The monoisotopic (exact) mass is 347 g/mol. The second kappa shape index (κ2) is 7.89. The third-order valence-corrected chi connectivity index (χ3v) is 4.54. The average molecular weight is 347 g/mol. The lowest BCUT2D eigenvalue weighted by Crippen LogP contribution is -2.42. The molecule has 2 bridgehead atoms. The minimum absolute atomic E-state index is 0.0120. The van der Waals surface area contributed by atoms with Crippen molar-refractivity contribution >= 4 is 23.4 Å². The molecule has 0 heterocycles. The summed E-state index contributed by atoms with van der Waals surface area (Å²) in [5.41, 5.74) is 0.284. The highest BCUT2D eigenvalue weighted by Gasteiger charge is 2.51. The molecule has 2 N–H and O–H groups in total. The van der Waals surface area contributed by atoms with Gasteiger partial charge in [-0.05, 0) is 38.0 Å². The first-order valence-corrected chi connectivity index (χ1v) is 8.46. The third kappa shape index (κ3) is 4.76. The Morgan fingerprint density at radius 2 is 1.96 bits per heavy atom. The normalized spacial score (nSPS) is 29.8. The Hall–Kier alpha value is -1.45. The summed E-state index contributed by atoms with van der Waals surface area (Å²) >= 11 is -2.39. The molecule has 0 aliphatic heterocycles. The van der Waals surface area contributed by atoms with E-state index in [1.54, 1.807) is 0 Å². The van der Waals surface area contributed by atoms with E-state index in [9.17, 15) is 13.8 Å². The number of rotatable bonds is 7. The van der Waals surface area contributed by atoms with E-state index in [-0.39, 0.29) is 30.6 Å². The predicted molar refractivity (Wildman–Crippen MR) is 80.5 cm³/mol. The Morgan fingerprint density at radius 1 is 1.30 bits per heavy atom. The Kier molecular flexibility index (Phi) is 6.14. The van der Waals surface area contributed by atoms with Crippen molar-refractivity contribution in [3.05, 3.63) is 12.2 Å². The molecule has 0 radical (unpaired) electrons. The minimum atomic E-state index is -2.39. The minimum Gasteiger partial charge on any atom is -0.460 e. The molecule has 2 aliphatic carbocycles. The Bertz CT molecular complexity index is 509. The number of alkyl carbamates (subject to hydrolysis) is 1. The first-order valence-electron chi connectivity index (χ1n) is 7.43. The van der Waals surface area contributed by atoms with Gasteiger partial charge in [0.2, 0.25) is 0 Å². The smallest absolute Gasteiger partial charge is 0.407 e. The summed E-state index contributed by atoms with van der Waals surface area (Å²) in [6.45, 7) is 5.10. The zero-order valence-corrected chi connectivity index (χ0v) is 13.7. The molecule has 130 valence electrons. The van der Waals surface area contributed by atoms with E-state index in [2.05, 4.69) is 11.9 Å². The van der Waals surface area contributed by atoms with Crippen molar-refractivity contribution in [1.29, 1.82) is 0 Å². The van der Waals surface area contributed by atoms with E-state index in [4.69, 9.17) is 18.2 Å². The lowest BCUT2D eigenvalue weighted by molar-refractivity contribution is -0.138. The van der Waals surface area contributed by atoms with Gasteiger partial charge in [-0.1, -0.05) is 6.58 Å². The van der Waals surface area contributed by atoms with Gasteiger partial charge < -0.3 is 14.8 Å². The van der Waals surface area contributed by atoms with Gasteiger partial charge in [-0.15, -0.1) is 0 Å². The van der Waals surface area contributed by atoms with Gasteiger partial charge in [0.05, 0.1) is 6.54 Å². The maximum absolute atomic E-state index is 11.8. The molecule has 0 aromatic heterocycles. The highest BCUT2D eigenvalue weighted by Crippen LogP contribution is 2.47. The van der Waals surface area contributed by atoms with Gasteiger partial charge >= 0.3 is 23.4 Å². The van der Waals surface area contributed by atoms with Crippen molar-refractivity contribution in [1.82, 2.24) is 5.32 Å². The van der Waals surface area contributed by atoms with Crippen LogP contribution in [0.3, 0.4) is 0 Å². The zero-order chi connectivity index (χ0) is 17.0. The summed E-state index contributed by atoms with van der Waals surface area (Å²) < 4.78 is 34.9.